The first-order valence-electron chi connectivity index (χ1n) is 6.80. The van der Waals surface area contributed by atoms with Crippen LogP contribution in [-0.2, 0) is 14.3 Å². The minimum Gasteiger partial charge on any atom is -0.459 e. The molecule has 0 aliphatic carbocycles. The number of hydrogen-bond acceptors (Lipinski definition) is 4. The van der Waals surface area contributed by atoms with Crippen LogP contribution in [0.3, 0.4) is 0 Å². The highest BCUT2D eigenvalue weighted by atomic mass is 19.4. The Kier molecular flexibility index (Phi) is 6.73. The van der Waals surface area contributed by atoms with Crippen LogP contribution in [-0.4, -0.2) is 36.6 Å². The van der Waals surface area contributed by atoms with Gasteiger partial charge in [0, 0.05) is 18.2 Å². The molecule has 0 aliphatic rings. The minimum atomic E-state index is -6.58. The largest absolute Gasteiger partial charge is 0.460 e. The first-order valence-corrected chi connectivity index (χ1v) is 6.80. The van der Waals surface area contributed by atoms with E-state index >= 15 is 0 Å². The van der Waals surface area contributed by atoms with Gasteiger partial charge in [0.05, 0.1) is 12.8 Å². The van der Waals surface area contributed by atoms with Gasteiger partial charge in [0.2, 0.25) is 0 Å². The Morgan fingerprint density at radius 1 is 0.815 bits per heavy atom. The summed E-state index contributed by atoms with van der Waals surface area (Å²) in [7, 11) is 0. The van der Waals surface area contributed by atoms with Gasteiger partial charge in [0.15, 0.2) is 6.61 Å². The molecule has 0 saturated heterocycles. The van der Waals surface area contributed by atoms with E-state index in [1.807, 2.05) is 0 Å². The van der Waals surface area contributed by atoms with E-state index in [9.17, 15) is 49.1 Å². The van der Waals surface area contributed by atoms with Gasteiger partial charge in [-0.25, -0.2) is 8.78 Å². The fourth-order valence-electron chi connectivity index (χ4n) is 1.52. The fraction of sp³-hybridized carbons (Fsp3) is 0.429. The van der Waals surface area contributed by atoms with Crippen LogP contribution in [0.1, 0.15) is 12.8 Å². The van der Waals surface area contributed by atoms with Gasteiger partial charge in [-0.1, -0.05) is 0 Å². The van der Waals surface area contributed by atoms with Gasteiger partial charge < -0.3 is 9.47 Å². The Hall–Kier alpha value is -2.47. The molecule has 4 nitrogen and oxygen atoms in total. The van der Waals surface area contributed by atoms with Crippen LogP contribution in [0.15, 0.2) is 18.2 Å². The molecule has 0 atom stereocenters. The van der Waals surface area contributed by atoms with E-state index in [2.05, 4.69) is 9.47 Å². The topological polar surface area (TPSA) is 52.6 Å². The number of ether oxygens (including phenoxy) is 2. The Labute approximate surface area is 144 Å². The standard InChI is InChI=1S/C14H9F9O4/c15-7-3-8(16)5-9(4-7)27-11(25)2-1-10(24)26-6-12(17,18)13(19,20)14(21,22)23/h3-5H,1-2,6H2. The lowest BCUT2D eigenvalue weighted by Gasteiger charge is -2.27. The molecule has 0 amide bonds. The van der Waals surface area contributed by atoms with Crippen molar-refractivity contribution in [1.82, 2.24) is 0 Å². The quantitative estimate of drug-likeness (QED) is 0.386. The van der Waals surface area contributed by atoms with E-state index < -0.39 is 66.8 Å². The van der Waals surface area contributed by atoms with Crippen molar-refractivity contribution in [2.45, 2.75) is 30.9 Å². The van der Waals surface area contributed by atoms with Crippen molar-refractivity contribution in [2.75, 3.05) is 6.61 Å². The summed E-state index contributed by atoms with van der Waals surface area (Å²) in [5.74, 6) is -17.9. The number of hydrogen-bond donors (Lipinski definition) is 0. The fourth-order valence-corrected chi connectivity index (χ4v) is 1.52. The number of benzene rings is 1. The predicted octanol–water partition coefficient (Wildman–Crippen LogP) is 4.03. The first kappa shape index (κ1) is 22.6. The van der Waals surface area contributed by atoms with Crippen molar-refractivity contribution in [2.24, 2.45) is 0 Å². The van der Waals surface area contributed by atoms with Crippen LogP contribution in [0.25, 0.3) is 0 Å². The van der Waals surface area contributed by atoms with Crippen molar-refractivity contribution in [1.29, 1.82) is 0 Å². The molecular formula is C14H9F9O4. The lowest BCUT2D eigenvalue weighted by molar-refractivity contribution is -0.359. The molecule has 0 aromatic heterocycles. The summed E-state index contributed by atoms with van der Waals surface area (Å²) >= 11 is 0. The van der Waals surface area contributed by atoms with Crippen LogP contribution < -0.4 is 4.74 Å². The maximum atomic E-state index is 12.9. The molecule has 0 saturated carbocycles. The van der Waals surface area contributed by atoms with E-state index in [4.69, 9.17) is 0 Å². The monoisotopic (exact) mass is 412 g/mol. The van der Waals surface area contributed by atoms with Crippen LogP contribution in [0.4, 0.5) is 39.5 Å². The number of esters is 2. The molecule has 1 aromatic rings. The summed E-state index contributed by atoms with van der Waals surface area (Å²) in [6.07, 6.45) is -8.49. The Morgan fingerprint density at radius 3 is 1.78 bits per heavy atom. The third kappa shape index (κ3) is 6.03. The summed E-state index contributed by atoms with van der Waals surface area (Å²) in [5.41, 5.74) is 0. The Balaban J connectivity index is 2.52. The summed E-state index contributed by atoms with van der Waals surface area (Å²) in [5, 5.41) is 0. The van der Waals surface area contributed by atoms with Crippen molar-refractivity contribution in [3.05, 3.63) is 29.8 Å². The van der Waals surface area contributed by atoms with Crippen molar-refractivity contribution in [3.63, 3.8) is 0 Å². The summed E-state index contributed by atoms with van der Waals surface area (Å²) in [6, 6.07) is 1.68. The van der Waals surface area contributed by atoms with Crippen molar-refractivity contribution >= 4 is 11.9 Å². The number of rotatable bonds is 7. The van der Waals surface area contributed by atoms with E-state index in [1.165, 1.54) is 0 Å². The second kappa shape index (κ2) is 8.05. The summed E-state index contributed by atoms with van der Waals surface area (Å²) < 4.78 is 120. The molecular weight excluding hydrogens is 403 g/mol. The highest BCUT2D eigenvalue weighted by Crippen LogP contribution is 2.46. The van der Waals surface area contributed by atoms with E-state index in [0.717, 1.165) is 0 Å². The zero-order valence-corrected chi connectivity index (χ0v) is 12.9. The maximum absolute atomic E-state index is 12.9. The highest BCUT2D eigenvalue weighted by Gasteiger charge is 2.73. The maximum Gasteiger partial charge on any atom is 0.460 e. The number of alkyl halides is 7. The molecule has 27 heavy (non-hydrogen) atoms. The zero-order chi connectivity index (χ0) is 21.0. The van der Waals surface area contributed by atoms with E-state index in [0.29, 0.717) is 18.2 Å². The van der Waals surface area contributed by atoms with Crippen LogP contribution in [0.5, 0.6) is 5.75 Å². The molecule has 0 heterocycles. The average molecular weight is 412 g/mol. The van der Waals surface area contributed by atoms with Gasteiger partial charge in [0.25, 0.3) is 0 Å². The van der Waals surface area contributed by atoms with Gasteiger partial charge in [-0.05, 0) is 0 Å². The van der Waals surface area contributed by atoms with E-state index in [-0.39, 0.29) is 0 Å². The number of halogens is 9. The van der Waals surface area contributed by atoms with Crippen molar-refractivity contribution in [3.8, 4) is 5.75 Å². The summed E-state index contributed by atoms with van der Waals surface area (Å²) in [4.78, 5) is 22.5. The van der Waals surface area contributed by atoms with Gasteiger partial charge in [-0.15, -0.1) is 0 Å². The molecule has 0 unspecified atom stereocenters. The SMILES string of the molecule is O=C(CCC(=O)Oc1cc(F)cc(F)c1)OCC(F)(F)C(F)(F)C(F)(F)F. The van der Waals surface area contributed by atoms with Gasteiger partial charge in [-0.2, -0.15) is 30.7 Å². The van der Waals surface area contributed by atoms with Gasteiger partial charge in [-0.3, -0.25) is 9.59 Å². The normalized spacial score (nSPS) is 12.6. The molecule has 0 bridgehead atoms. The molecule has 0 aliphatic heterocycles. The van der Waals surface area contributed by atoms with Crippen LogP contribution >= 0.6 is 0 Å². The average Bonchev–Trinajstić information content (AvgIpc) is 2.48. The van der Waals surface area contributed by atoms with Crippen LogP contribution in [0.2, 0.25) is 0 Å². The third-order valence-electron chi connectivity index (χ3n) is 2.83. The molecule has 152 valence electrons. The molecule has 13 heteroatoms. The molecule has 1 rings (SSSR count). The molecule has 0 spiro atoms. The second-order valence-electron chi connectivity index (χ2n) is 5.02. The number of carbonyl (C=O) groups excluding carboxylic acids is 2. The lowest BCUT2D eigenvalue weighted by atomic mass is 10.2. The third-order valence-corrected chi connectivity index (χ3v) is 2.83. The first-order chi connectivity index (χ1) is 12.2. The molecule has 0 fully saturated rings. The smallest absolute Gasteiger partial charge is 0.459 e. The lowest BCUT2D eigenvalue weighted by Crippen LogP contribution is -2.54. The number of carbonyl (C=O) groups is 2. The Morgan fingerprint density at radius 2 is 1.30 bits per heavy atom. The molecule has 0 N–H and O–H groups in total. The summed E-state index contributed by atoms with van der Waals surface area (Å²) in [6.45, 7) is -2.58. The highest BCUT2D eigenvalue weighted by molar-refractivity contribution is 5.79. The van der Waals surface area contributed by atoms with Crippen molar-refractivity contribution < 1.29 is 58.6 Å². The zero-order valence-electron chi connectivity index (χ0n) is 12.9. The Bertz CT molecular complexity index is 680. The van der Waals surface area contributed by atoms with Crippen LogP contribution in [0, 0.1) is 11.6 Å². The second-order valence-corrected chi connectivity index (χ2v) is 5.02. The predicted molar refractivity (Wildman–Crippen MR) is 68.1 cm³/mol. The van der Waals surface area contributed by atoms with Gasteiger partial charge in [0.1, 0.15) is 17.4 Å². The van der Waals surface area contributed by atoms with E-state index in [1.54, 1.807) is 0 Å². The molecule has 0 radical (unpaired) electrons. The molecule has 1 aromatic carbocycles. The minimum absolute atomic E-state index is 0.464. The van der Waals surface area contributed by atoms with Gasteiger partial charge >= 0.3 is 30.0 Å².